The summed E-state index contributed by atoms with van der Waals surface area (Å²) in [4.78, 5) is 22.7. The van der Waals surface area contributed by atoms with E-state index in [4.69, 9.17) is 28.2 Å². The van der Waals surface area contributed by atoms with Crippen molar-refractivity contribution >= 4 is 41.0 Å². The molecule has 0 saturated carbocycles. The molecule has 0 bridgehead atoms. The van der Waals surface area contributed by atoms with Gasteiger partial charge in [0, 0.05) is 6.07 Å². The highest BCUT2D eigenvalue weighted by Gasteiger charge is 2.13. The van der Waals surface area contributed by atoms with E-state index in [1.54, 1.807) is 6.07 Å². The Labute approximate surface area is 117 Å². The van der Waals surface area contributed by atoms with Crippen LogP contribution in [0.25, 0.3) is 0 Å². The topological polar surface area (TPSA) is 128 Å². The fourth-order valence-electron chi connectivity index (χ4n) is 1.23. The zero-order chi connectivity index (χ0) is 14.0. The smallest absolute Gasteiger partial charge is 0.356 e. The summed E-state index contributed by atoms with van der Waals surface area (Å²) in [5, 5.41) is 9.64. The van der Waals surface area contributed by atoms with Gasteiger partial charge in [0.15, 0.2) is 10.9 Å². The first-order valence-corrected chi connectivity index (χ1v) is 6.13. The van der Waals surface area contributed by atoms with E-state index >= 15 is 0 Å². The van der Waals surface area contributed by atoms with E-state index < -0.39 is 5.97 Å². The van der Waals surface area contributed by atoms with Crippen LogP contribution < -0.4 is 11.5 Å². The number of carboxylic acids is 1. The zero-order valence-corrected chi connectivity index (χ0v) is 10.9. The summed E-state index contributed by atoms with van der Waals surface area (Å²) in [7, 11) is 0. The quantitative estimate of drug-likeness (QED) is 0.728. The Morgan fingerprint density at radius 2 is 1.84 bits per heavy atom. The number of pyridine rings is 1. The van der Waals surface area contributed by atoms with Gasteiger partial charge in [-0.25, -0.2) is 19.7 Å². The Morgan fingerprint density at radius 1 is 1.21 bits per heavy atom. The van der Waals surface area contributed by atoms with Crippen molar-refractivity contribution in [1.29, 1.82) is 0 Å². The van der Waals surface area contributed by atoms with Gasteiger partial charge in [0.05, 0.1) is 5.02 Å². The number of carboxylic acid groups (broad SMARTS) is 1. The van der Waals surface area contributed by atoms with Gasteiger partial charge >= 0.3 is 5.97 Å². The molecular formula is C10H8ClN5O2S. The molecule has 2 rings (SSSR count). The zero-order valence-electron chi connectivity index (χ0n) is 9.37. The molecule has 19 heavy (non-hydrogen) atoms. The Hall–Kier alpha value is -2.06. The average Bonchev–Trinajstić information content (AvgIpc) is 2.30. The minimum Gasteiger partial charge on any atom is -0.476 e. The number of anilines is 2. The van der Waals surface area contributed by atoms with Gasteiger partial charge in [-0.15, -0.1) is 0 Å². The largest absolute Gasteiger partial charge is 0.476 e. The maximum atomic E-state index is 10.9. The van der Waals surface area contributed by atoms with Gasteiger partial charge < -0.3 is 16.6 Å². The number of hydrogen-bond acceptors (Lipinski definition) is 7. The number of aromatic carboxylic acids is 1. The normalized spacial score (nSPS) is 10.4. The molecule has 0 unspecified atom stereocenters. The third-order valence-corrected chi connectivity index (χ3v) is 3.07. The lowest BCUT2D eigenvalue weighted by Crippen LogP contribution is -2.03. The van der Waals surface area contributed by atoms with Crippen molar-refractivity contribution in [3.05, 3.63) is 28.9 Å². The van der Waals surface area contributed by atoms with Gasteiger partial charge in [-0.3, -0.25) is 0 Å². The maximum Gasteiger partial charge on any atom is 0.356 e. The van der Waals surface area contributed by atoms with Crippen LogP contribution in [0.5, 0.6) is 0 Å². The van der Waals surface area contributed by atoms with Crippen molar-refractivity contribution in [2.75, 3.05) is 11.5 Å². The van der Waals surface area contributed by atoms with Crippen LogP contribution in [0.1, 0.15) is 10.5 Å². The SMILES string of the molecule is Nc1cc(N)nc(Sc2ccc(Cl)c(C(=O)O)n2)n1. The minimum absolute atomic E-state index is 0.0601. The number of hydrogen-bond donors (Lipinski definition) is 3. The number of nitrogen functional groups attached to an aromatic ring is 2. The molecule has 0 radical (unpaired) electrons. The second kappa shape index (κ2) is 5.29. The van der Waals surface area contributed by atoms with Crippen molar-refractivity contribution in [3.8, 4) is 0 Å². The molecule has 0 fully saturated rings. The second-order valence-electron chi connectivity index (χ2n) is 3.39. The molecule has 2 aromatic rings. The monoisotopic (exact) mass is 297 g/mol. The summed E-state index contributed by atoms with van der Waals surface area (Å²) in [6.07, 6.45) is 0. The fourth-order valence-corrected chi connectivity index (χ4v) is 2.18. The summed E-state index contributed by atoms with van der Waals surface area (Å²) in [5.41, 5.74) is 10.8. The standard InChI is InChI=1S/C10H8ClN5O2S/c11-4-1-2-7(16-8(4)9(17)18)19-10-14-5(12)3-6(13)15-10/h1-3H,(H,17,18)(H4,12,13,14,15). The molecule has 2 aromatic heterocycles. The fraction of sp³-hybridized carbons (Fsp3) is 0. The number of rotatable bonds is 3. The number of nitrogens with zero attached hydrogens (tertiary/aromatic N) is 3. The lowest BCUT2D eigenvalue weighted by atomic mass is 10.3. The predicted octanol–water partition coefficient (Wildman–Crippen LogP) is 1.54. The van der Waals surface area contributed by atoms with Crippen LogP contribution in [0.3, 0.4) is 0 Å². The van der Waals surface area contributed by atoms with Crippen LogP contribution in [0, 0.1) is 0 Å². The molecule has 0 aromatic carbocycles. The van der Waals surface area contributed by atoms with Crippen LogP contribution in [0.15, 0.2) is 28.4 Å². The van der Waals surface area contributed by atoms with Crippen LogP contribution in [-0.4, -0.2) is 26.0 Å². The molecule has 2 heterocycles. The highest BCUT2D eigenvalue weighted by Crippen LogP contribution is 2.26. The molecule has 0 spiro atoms. The van der Waals surface area contributed by atoms with Gasteiger partial charge in [-0.2, -0.15) is 0 Å². The number of carbonyl (C=O) groups is 1. The predicted molar refractivity (Wildman–Crippen MR) is 71.2 cm³/mol. The molecule has 5 N–H and O–H groups in total. The Bertz CT molecular complexity index is 632. The molecule has 0 aliphatic carbocycles. The van der Waals surface area contributed by atoms with Crippen LogP contribution in [0.2, 0.25) is 5.02 Å². The van der Waals surface area contributed by atoms with Gasteiger partial charge in [-0.05, 0) is 23.9 Å². The first-order valence-electron chi connectivity index (χ1n) is 4.93. The van der Waals surface area contributed by atoms with Gasteiger partial charge in [0.2, 0.25) is 0 Å². The van der Waals surface area contributed by atoms with Gasteiger partial charge in [-0.1, -0.05) is 11.6 Å². The van der Waals surface area contributed by atoms with Crippen molar-refractivity contribution in [1.82, 2.24) is 15.0 Å². The van der Waals surface area contributed by atoms with E-state index in [1.807, 2.05) is 0 Å². The van der Waals surface area contributed by atoms with Crippen LogP contribution in [0.4, 0.5) is 11.6 Å². The molecule has 0 aliphatic rings. The average molecular weight is 298 g/mol. The van der Waals surface area contributed by atoms with E-state index in [9.17, 15) is 4.79 Å². The van der Waals surface area contributed by atoms with Crippen molar-refractivity contribution < 1.29 is 9.90 Å². The molecule has 0 atom stereocenters. The van der Waals surface area contributed by atoms with Crippen molar-refractivity contribution in [2.24, 2.45) is 0 Å². The molecule has 0 saturated heterocycles. The molecule has 0 aliphatic heterocycles. The molecule has 7 nitrogen and oxygen atoms in total. The van der Waals surface area contributed by atoms with Crippen LogP contribution >= 0.6 is 23.4 Å². The minimum atomic E-state index is -1.21. The highest BCUT2D eigenvalue weighted by atomic mass is 35.5. The van der Waals surface area contributed by atoms with Gasteiger partial charge in [0.1, 0.15) is 16.7 Å². The summed E-state index contributed by atoms with van der Waals surface area (Å²) in [6.45, 7) is 0. The molecule has 9 heteroatoms. The number of halogens is 1. The lowest BCUT2D eigenvalue weighted by Gasteiger charge is -2.04. The Balaban J connectivity index is 2.33. The highest BCUT2D eigenvalue weighted by molar-refractivity contribution is 7.99. The summed E-state index contributed by atoms with van der Waals surface area (Å²) < 4.78 is 0. The first kappa shape index (κ1) is 13.4. The maximum absolute atomic E-state index is 10.9. The van der Waals surface area contributed by atoms with E-state index in [0.29, 0.717) is 5.03 Å². The number of nitrogens with two attached hydrogens (primary N) is 2. The Kier molecular flexibility index (Phi) is 3.72. The molecule has 98 valence electrons. The summed E-state index contributed by atoms with van der Waals surface area (Å²) in [5.74, 6) is -0.759. The summed E-state index contributed by atoms with van der Waals surface area (Å²) in [6, 6.07) is 4.42. The lowest BCUT2D eigenvalue weighted by molar-refractivity contribution is 0.0690. The summed E-state index contributed by atoms with van der Waals surface area (Å²) >= 11 is 6.76. The first-order chi connectivity index (χ1) is 8.95. The van der Waals surface area contributed by atoms with Crippen molar-refractivity contribution in [2.45, 2.75) is 10.2 Å². The van der Waals surface area contributed by atoms with E-state index in [0.717, 1.165) is 11.8 Å². The van der Waals surface area contributed by atoms with Gasteiger partial charge in [0.25, 0.3) is 0 Å². The van der Waals surface area contributed by atoms with E-state index in [2.05, 4.69) is 15.0 Å². The second-order valence-corrected chi connectivity index (χ2v) is 4.78. The van der Waals surface area contributed by atoms with E-state index in [1.165, 1.54) is 12.1 Å². The number of aromatic nitrogens is 3. The Morgan fingerprint density at radius 3 is 2.42 bits per heavy atom. The third kappa shape index (κ3) is 3.24. The molecule has 0 amide bonds. The third-order valence-electron chi connectivity index (χ3n) is 1.96. The molecular weight excluding hydrogens is 290 g/mol. The van der Waals surface area contributed by atoms with E-state index in [-0.39, 0.29) is 27.5 Å². The van der Waals surface area contributed by atoms with Crippen LogP contribution in [-0.2, 0) is 0 Å². The van der Waals surface area contributed by atoms with Crippen molar-refractivity contribution in [3.63, 3.8) is 0 Å².